The number of esters is 1. The molecule has 3 aromatic rings. The first kappa shape index (κ1) is 15.7. The highest BCUT2D eigenvalue weighted by atomic mass is 35.5. The van der Waals surface area contributed by atoms with Crippen molar-refractivity contribution in [3.8, 4) is 0 Å². The molecule has 0 atom stereocenters. The van der Waals surface area contributed by atoms with E-state index in [0.29, 0.717) is 16.4 Å². The molecule has 4 rings (SSSR count). The lowest BCUT2D eigenvalue weighted by Gasteiger charge is -2.05. The van der Waals surface area contributed by atoms with Gasteiger partial charge in [0, 0.05) is 10.6 Å². The third-order valence-electron chi connectivity index (χ3n) is 4.22. The molecule has 25 heavy (non-hydrogen) atoms. The molecular formula is C22H15ClO2. The monoisotopic (exact) mass is 346 g/mol. The van der Waals surface area contributed by atoms with Crippen molar-refractivity contribution in [3.05, 3.63) is 94.0 Å². The number of rotatable bonds is 2. The maximum Gasteiger partial charge on any atom is 0.343 e. The lowest BCUT2D eigenvalue weighted by atomic mass is 10.0. The topological polar surface area (TPSA) is 26.3 Å². The first-order valence-corrected chi connectivity index (χ1v) is 8.39. The lowest BCUT2D eigenvalue weighted by molar-refractivity contribution is -0.130. The number of hydrogen-bond acceptors (Lipinski definition) is 2. The Bertz CT molecular complexity index is 1060. The SMILES string of the molecule is Cc1ccc2cc(C3=C/C(=C/c4ccccc4Cl)C(=O)O3)ccc2c1. The van der Waals surface area contributed by atoms with E-state index < -0.39 is 0 Å². The average Bonchev–Trinajstić information content (AvgIpc) is 2.97. The molecule has 1 heterocycles. The van der Waals surface area contributed by atoms with Gasteiger partial charge < -0.3 is 4.74 Å². The number of carbonyl (C=O) groups excluding carboxylic acids is 1. The molecule has 2 nitrogen and oxygen atoms in total. The summed E-state index contributed by atoms with van der Waals surface area (Å²) in [6, 6.07) is 19.7. The summed E-state index contributed by atoms with van der Waals surface area (Å²) < 4.78 is 5.46. The van der Waals surface area contributed by atoms with Gasteiger partial charge in [0.2, 0.25) is 0 Å². The van der Waals surface area contributed by atoms with E-state index in [1.165, 1.54) is 10.9 Å². The van der Waals surface area contributed by atoms with Gasteiger partial charge in [0.1, 0.15) is 5.76 Å². The van der Waals surface area contributed by atoms with Gasteiger partial charge in [-0.3, -0.25) is 0 Å². The van der Waals surface area contributed by atoms with Crippen LogP contribution in [0.1, 0.15) is 16.7 Å². The van der Waals surface area contributed by atoms with E-state index in [0.717, 1.165) is 16.5 Å². The summed E-state index contributed by atoms with van der Waals surface area (Å²) in [5, 5.41) is 2.88. The van der Waals surface area contributed by atoms with Gasteiger partial charge in [-0.25, -0.2) is 4.79 Å². The molecule has 0 saturated heterocycles. The molecule has 0 aliphatic carbocycles. The minimum atomic E-state index is -0.362. The Balaban J connectivity index is 1.73. The molecular weight excluding hydrogens is 332 g/mol. The van der Waals surface area contributed by atoms with Gasteiger partial charge in [0.15, 0.2) is 0 Å². The predicted octanol–water partition coefficient (Wildman–Crippen LogP) is 5.78. The van der Waals surface area contributed by atoms with Crippen molar-refractivity contribution in [1.29, 1.82) is 0 Å². The maximum absolute atomic E-state index is 12.2. The van der Waals surface area contributed by atoms with E-state index >= 15 is 0 Å². The molecule has 0 fully saturated rings. The highest BCUT2D eigenvalue weighted by Gasteiger charge is 2.22. The largest absolute Gasteiger partial charge is 0.422 e. The van der Waals surface area contributed by atoms with Crippen LogP contribution in [0.3, 0.4) is 0 Å². The highest BCUT2D eigenvalue weighted by molar-refractivity contribution is 6.32. The summed E-state index contributed by atoms with van der Waals surface area (Å²) >= 11 is 6.16. The van der Waals surface area contributed by atoms with E-state index in [9.17, 15) is 4.79 Å². The smallest absolute Gasteiger partial charge is 0.343 e. The zero-order valence-electron chi connectivity index (χ0n) is 13.6. The Hall–Kier alpha value is -2.84. The van der Waals surface area contributed by atoms with Crippen LogP contribution >= 0.6 is 11.6 Å². The van der Waals surface area contributed by atoms with E-state index in [4.69, 9.17) is 16.3 Å². The van der Waals surface area contributed by atoms with Crippen LogP contribution in [-0.4, -0.2) is 5.97 Å². The molecule has 0 amide bonds. The number of aryl methyl sites for hydroxylation is 1. The molecule has 0 saturated carbocycles. The Labute approximate surface area is 151 Å². The van der Waals surface area contributed by atoms with Crippen LogP contribution in [0.2, 0.25) is 5.02 Å². The van der Waals surface area contributed by atoms with Gasteiger partial charge in [-0.2, -0.15) is 0 Å². The highest BCUT2D eigenvalue weighted by Crippen LogP contribution is 2.30. The normalized spacial score (nSPS) is 15.5. The molecule has 0 bridgehead atoms. The summed E-state index contributed by atoms with van der Waals surface area (Å²) in [5.41, 5.74) is 3.39. The van der Waals surface area contributed by atoms with Gasteiger partial charge in [0.25, 0.3) is 0 Å². The lowest BCUT2D eigenvalue weighted by Crippen LogP contribution is -1.97. The minimum Gasteiger partial charge on any atom is -0.422 e. The second-order valence-electron chi connectivity index (χ2n) is 6.08. The quantitative estimate of drug-likeness (QED) is 0.434. The average molecular weight is 347 g/mol. The molecule has 3 heteroatoms. The number of carbonyl (C=O) groups is 1. The number of benzene rings is 3. The number of halogens is 1. The number of ether oxygens (including phenoxy) is 1. The van der Waals surface area contributed by atoms with Crippen molar-refractivity contribution < 1.29 is 9.53 Å². The summed E-state index contributed by atoms with van der Waals surface area (Å²) in [4.78, 5) is 12.2. The van der Waals surface area contributed by atoms with Gasteiger partial charge >= 0.3 is 5.97 Å². The van der Waals surface area contributed by atoms with E-state index in [1.807, 2.05) is 36.4 Å². The van der Waals surface area contributed by atoms with Crippen LogP contribution in [0.25, 0.3) is 22.6 Å². The molecule has 1 aliphatic rings. The fraction of sp³-hybridized carbons (Fsp3) is 0.0455. The van der Waals surface area contributed by atoms with Crippen LogP contribution in [0.4, 0.5) is 0 Å². The van der Waals surface area contributed by atoms with Gasteiger partial charge in [0.05, 0.1) is 5.57 Å². The Morgan fingerprint density at radius 1 is 0.960 bits per heavy atom. The van der Waals surface area contributed by atoms with Crippen molar-refractivity contribution in [3.63, 3.8) is 0 Å². The molecule has 0 unspecified atom stereocenters. The van der Waals surface area contributed by atoms with Crippen LogP contribution in [-0.2, 0) is 9.53 Å². The summed E-state index contributed by atoms with van der Waals surface area (Å²) in [5.74, 6) is 0.199. The predicted molar refractivity (Wildman–Crippen MR) is 102 cm³/mol. The van der Waals surface area contributed by atoms with E-state index in [1.54, 1.807) is 18.2 Å². The first-order chi connectivity index (χ1) is 12.1. The Morgan fingerprint density at radius 2 is 1.72 bits per heavy atom. The zero-order valence-corrected chi connectivity index (χ0v) is 14.4. The van der Waals surface area contributed by atoms with Crippen molar-refractivity contribution in [2.24, 2.45) is 0 Å². The van der Waals surface area contributed by atoms with Crippen molar-refractivity contribution in [2.75, 3.05) is 0 Å². The third kappa shape index (κ3) is 3.09. The minimum absolute atomic E-state index is 0.362. The molecule has 3 aromatic carbocycles. The fourth-order valence-corrected chi connectivity index (χ4v) is 3.10. The molecule has 0 spiro atoms. The van der Waals surface area contributed by atoms with Crippen LogP contribution in [0.5, 0.6) is 0 Å². The molecule has 122 valence electrons. The summed E-state index contributed by atoms with van der Waals surface area (Å²) in [6.45, 7) is 2.07. The second-order valence-corrected chi connectivity index (χ2v) is 6.49. The zero-order chi connectivity index (χ0) is 17.4. The van der Waals surface area contributed by atoms with Crippen LogP contribution in [0.15, 0.2) is 72.3 Å². The van der Waals surface area contributed by atoms with E-state index in [2.05, 4.69) is 25.1 Å². The van der Waals surface area contributed by atoms with Crippen LogP contribution in [0, 0.1) is 6.92 Å². The van der Waals surface area contributed by atoms with Crippen molar-refractivity contribution in [2.45, 2.75) is 6.92 Å². The van der Waals surface area contributed by atoms with Gasteiger partial charge in [-0.05, 0) is 47.5 Å². The molecule has 0 N–H and O–H groups in total. The third-order valence-corrected chi connectivity index (χ3v) is 4.57. The van der Waals surface area contributed by atoms with Gasteiger partial charge in [-0.1, -0.05) is 65.7 Å². The molecule has 0 radical (unpaired) electrons. The fourth-order valence-electron chi connectivity index (χ4n) is 2.91. The van der Waals surface area contributed by atoms with Gasteiger partial charge in [-0.15, -0.1) is 0 Å². The Morgan fingerprint density at radius 3 is 2.56 bits per heavy atom. The summed E-state index contributed by atoms with van der Waals surface area (Å²) in [6.07, 6.45) is 3.52. The van der Waals surface area contributed by atoms with E-state index in [-0.39, 0.29) is 5.97 Å². The first-order valence-electron chi connectivity index (χ1n) is 8.01. The molecule has 1 aliphatic heterocycles. The Kier molecular flexibility index (Phi) is 3.90. The second kappa shape index (κ2) is 6.23. The summed E-state index contributed by atoms with van der Waals surface area (Å²) in [7, 11) is 0. The maximum atomic E-state index is 12.2. The molecule has 0 aromatic heterocycles. The standard InChI is InChI=1S/C22H15ClO2/c1-14-6-7-16-11-18(9-8-15(16)10-14)21-13-19(22(24)25-21)12-17-4-2-3-5-20(17)23/h2-13H,1H3/b19-12-. The van der Waals surface area contributed by atoms with Crippen LogP contribution < -0.4 is 0 Å². The number of hydrogen-bond donors (Lipinski definition) is 0. The number of fused-ring (bicyclic) bond motifs is 1. The van der Waals surface area contributed by atoms with Crippen molar-refractivity contribution in [1.82, 2.24) is 0 Å². The number of cyclic esters (lactones) is 1. The van der Waals surface area contributed by atoms with Crippen molar-refractivity contribution >= 4 is 40.2 Å².